The molecule has 0 saturated heterocycles. The van der Waals surface area contributed by atoms with Crippen LogP contribution in [0.3, 0.4) is 0 Å². The average molecular weight is 316 g/mol. The predicted molar refractivity (Wildman–Crippen MR) is 88.2 cm³/mol. The van der Waals surface area contributed by atoms with Crippen LogP contribution in [0.25, 0.3) is 0 Å². The van der Waals surface area contributed by atoms with Crippen LogP contribution < -0.4 is 10.2 Å². The van der Waals surface area contributed by atoms with Crippen molar-refractivity contribution in [1.82, 2.24) is 5.32 Å². The molecule has 1 aromatic carbocycles. The molecule has 3 rings (SSSR count). The van der Waals surface area contributed by atoms with Crippen molar-refractivity contribution in [2.75, 3.05) is 18.0 Å². The topological polar surface area (TPSA) is 69.6 Å². The molecule has 1 aromatic rings. The molecule has 2 amide bonds. The summed E-state index contributed by atoms with van der Waals surface area (Å²) in [5.74, 6) is -0.912. The van der Waals surface area contributed by atoms with Gasteiger partial charge in [-0.05, 0) is 49.3 Å². The van der Waals surface area contributed by atoms with Gasteiger partial charge in [0.25, 0.3) is 0 Å². The number of hydrogen-bond acceptors (Lipinski definition) is 3. The van der Waals surface area contributed by atoms with E-state index in [2.05, 4.69) is 5.32 Å². The first-order valence-electron chi connectivity index (χ1n) is 8.43. The number of anilines is 1. The summed E-state index contributed by atoms with van der Waals surface area (Å²) in [6.45, 7) is 2.67. The van der Waals surface area contributed by atoms with E-state index >= 15 is 0 Å². The number of benzene rings is 1. The fourth-order valence-electron chi connectivity index (χ4n) is 3.60. The van der Waals surface area contributed by atoms with Gasteiger partial charge in [-0.3, -0.25) is 9.59 Å². The van der Waals surface area contributed by atoms with Crippen LogP contribution in [0.2, 0.25) is 0 Å². The first kappa shape index (κ1) is 16.0. The van der Waals surface area contributed by atoms with Crippen LogP contribution in [0.1, 0.15) is 36.8 Å². The zero-order chi connectivity index (χ0) is 16.4. The van der Waals surface area contributed by atoms with Gasteiger partial charge in [0.2, 0.25) is 0 Å². The van der Waals surface area contributed by atoms with E-state index < -0.39 is 17.9 Å². The Morgan fingerprint density at radius 3 is 2.83 bits per heavy atom. The van der Waals surface area contributed by atoms with E-state index in [0.717, 1.165) is 48.9 Å². The summed E-state index contributed by atoms with van der Waals surface area (Å²) in [6, 6.07) is 5.98. The second-order valence-electron chi connectivity index (χ2n) is 6.66. The maximum Gasteiger partial charge on any atom is 0.316 e. The quantitative estimate of drug-likeness (QED) is 0.831. The molecule has 2 N–H and O–H groups in total. The zero-order valence-corrected chi connectivity index (χ0v) is 13.5. The number of nitrogens with one attached hydrogen (secondary N) is 1. The normalized spacial score (nSPS) is 18.8. The fraction of sp³-hybridized carbons (Fsp3) is 0.556. The van der Waals surface area contributed by atoms with Gasteiger partial charge in [-0.25, -0.2) is 0 Å². The number of aliphatic hydroxyl groups is 1. The highest BCUT2D eigenvalue weighted by molar-refractivity contribution is 6.40. The number of amides is 2. The molecule has 1 fully saturated rings. The second kappa shape index (κ2) is 6.71. The van der Waals surface area contributed by atoms with Gasteiger partial charge in [-0.1, -0.05) is 25.0 Å². The lowest BCUT2D eigenvalue weighted by Gasteiger charge is -2.20. The van der Waals surface area contributed by atoms with Crippen LogP contribution in [-0.4, -0.2) is 36.1 Å². The number of nitrogens with zero attached hydrogens (tertiary/aromatic N) is 1. The van der Waals surface area contributed by atoms with Crippen molar-refractivity contribution in [3.05, 3.63) is 29.3 Å². The van der Waals surface area contributed by atoms with Crippen molar-refractivity contribution >= 4 is 17.5 Å². The largest absolute Gasteiger partial charge is 0.391 e. The number of fused-ring (bicyclic) bond motifs is 1. The SMILES string of the molecule is Cc1ccc2c(c1)N(C(=O)C(=O)NCC(O)C1CCCC1)CC2. The number of carbonyl (C=O) groups excluding carboxylic acids is 2. The molecule has 1 unspecified atom stereocenters. The molecule has 1 aliphatic heterocycles. The van der Waals surface area contributed by atoms with Gasteiger partial charge < -0.3 is 15.3 Å². The molecule has 5 nitrogen and oxygen atoms in total. The summed E-state index contributed by atoms with van der Waals surface area (Å²) in [5.41, 5.74) is 3.00. The third-order valence-corrected chi connectivity index (χ3v) is 4.99. The van der Waals surface area contributed by atoms with E-state index in [-0.39, 0.29) is 12.5 Å². The molecule has 23 heavy (non-hydrogen) atoms. The number of hydrogen-bond donors (Lipinski definition) is 2. The summed E-state index contributed by atoms with van der Waals surface area (Å²) in [6.07, 6.45) is 4.51. The van der Waals surface area contributed by atoms with Crippen LogP contribution in [0, 0.1) is 12.8 Å². The highest BCUT2D eigenvalue weighted by Gasteiger charge is 2.30. The lowest BCUT2D eigenvalue weighted by atomic mass is 10.0. The first-order chi connectivity index (χ1) is 11.1. The second-order valence-corrected chi connectivity index (χ2v) is 6.66. The van der Waals surface area contributed by atoms with E-state index in [0.29, 0.717) is 6.54 Å². The molecule has 1 saturated carbocycles. The summed E-state index contributed by atoms with van der Waals surface area (Å²) in [5, 5.41) is 12.7. The van der Waals surface area contributed by atoms with Crippen molar-refractivity contribution in [3.63, 3.8) is 0 Å². The van der Waals surface area contributed by atoms with Crippen LogP contribution in [0.4, 0.5) is 5.69 Å². The molecule has 124 valence electrons. The molecule has 0 bridgehead atoms. The van der Waals surface area contributed by atoms with Gasteiger partial charge >= 0.3 is 11.8 Å². The van der Waals surface area contributed by atoms with Crippen molar-refractivity contribution in [2.45, 2.75) is 45.1 Å². The molecule has 1 atom stereocenters. The van der Waals surface area contributed by atoms with Crippen LogP contribution in [0.15, 0.2) is 18.2 Å². The maximum atomic E-state index is 12.4. The third-order valence-electron chi connectivity index (χ3n) is 4.99. The van der Waals surface area contributed by atoms with Gasteiger partial charge in [0.15, 0.2) is 0 Å². The lowest BCUT2D eigenvalue weighted by molar-refractivity contribution is -0.137. The minimum absolute atomic E-state index is 0.157. The van der Waals surface area contributed by atoms with Gasteiger partial charge in [-0.2, -0.15) is 0 Å². The Balaban J connectivity index is 1.58. The molecule has 0 radical (unpaired) electrons. The number of aliphatic hydroxyl groups excluding tert-OH is 1. The molecule has 0 spiro atoms. The van der Waals surface area contributed by atoms with Crippen molar-refractivity contribution in [2.24, 2.45) is 5.92 Å². The maximum absolute atomic E-state index is 12.4. The fourth-order valence-corrected chi connectivity index (χ4v) is 3.60. The van der Waals surface area contributed by atoms with E-state index in [1.165, 1.54) is 0 Å². The summed E-state index contributed by atoms with van der Waals surface area (Å²) in [4.78, 5) is 26.1. The molecule has 5 heteroatoms. The summed E-state index contributed by atoms with van der Waals surface area (Å²) in [7, 11) is 0. The lowest BCUT2D eigenvalue weighted by Crippen LogP contribution is -2.45. The number of rotatable bonds is 3. The standard InChI is InChI=1S/C18H24N2O3/c1-12-6-7-13-8-9-20(15(13)10-12)18(23)17(22)19-11-16(21)14-4-2-3-5-14/h6-7,10,14,16,21H,2-5,8-9,11H2,1H3,(H,19,22). The molecular formula is C18H24N2O3. The Labute approximate surface area is 136 Å². The highest BCUT2D eigenvalue weighted by atomic mass is 16.3. The van der Waals surface area contributed by atoms with Gasteiger partial charge in [0, 0.05) is 18.8 Å². The van der Waals surface area contributed by atoms with Gasteiger partial charge in [0.05, 0.1) is 6.10 Å². The van der Waals surface area contributed by atoms with Crippen LogP contribution in [-0.2, 0) is 16.0 Å². The Kier molecular flexibility index (Phi) is 4.66. The Morgan fingerprint density at radius 1 is 1.35 bits per heavy atom. The summed E-state index contributed by atoms with van der Waals surface area (Å²) >= 11 is 0. The van der Waals surface area contributed by atoms with Crippen molar-refractivity contribution in [1.29, 1.82) is 0 Å². The predicted octanol–water partition coefficient (Wildman–Crippen LogP) is 1.55. The van der Waals surface area contributed by atoms with E-state index in [9.17, 15) is 14.7 Å². The Bertz CT molecular complexity index is 608. The van der Waals surface area contributed by atoms with Crippen LogP contribution in [0.5, 0.6) is 0 Å². The van der Waals surface area contributed by atoms with E-state index in [1.54, 1.807) is 4.90 Å². The molecule has 1 heterocycles. The van der Waals surface area contributed by atoms with Gasteiger partial charge in [-0.15, -0.1) is 0 Å². The summed E-state index contributed by atoms with van der Waals surface area (Å²) < 4.78 is 0. The van der Waals surface area contributed by atoms with E-state index in [4.69, 9.17) is 0 Å². The average Bonchev–Trinajstić information content (AvgIpc) is 3.20. The Hall–Kier alpha value is -1.88. The molecule has 2 aliphatic rings. The molecule has 0 aromatic heterocycles. The minimum atomic E-state index is -0.628. The van der Waals surface area contributed by atoms with Gasteiger partial charge in [0.1, 0.15) is 0 Å². The minimum Gasteiger partial charge on any atom is -0.391 e. The smallest absolute Gasteiger partial charge is 0.316 e. The molecular weight excluding hydrogens is 292 g/mol. The molecule has 1 aliphatic carbocycles. The zero-order valence-electron chi connectivity index (χ0n) is 13.5. The van der Waals surface area contributed by atoms with Crippen molar-refractivity contribution in [3.8, 4) is 0 Å². The number of carbonyl (C=O) groups is 2. The first-order valence-corrected chi connectivity index (χ1v) is 8.43. The van der Waals surface area contributed by atoms with E-state index in [1.807, 2.05) is 25.1 Å². The third kappa shape index (κ3) is 3.39. The highest BCUT2D eigenvalue weighted by Crippen LogP contribution is 2.29. The van der Waals surface area contributed by atoms with Crippen molar-refractivity contribution < 1.29 is 14.7 Å². The monoisotopic (exact) mass is 316 g/mol. The van der Waals surface area contributed by atoms with Crippen LogP contribution >= 0.6 is 0 Å². The Morgan fingerprint density at radius 2 is 2.09 bits per heavy atom. The number of aryl methyl sites for hydroxylation is 1.